The Labute approximate surface area is 106 Å². The van der Waals surface area contributed by atoms with Crippen molar-refractivity contribution in [3.63, 3.8) is 0 Å². The third-order valence-corrected chi connectivity index (χ3v) is 5.72. The van der Waals surface area contributed by atoms with Crippen LogP contribution in [-0.4, -0.2) is 37.6 Å². The highest BCUT2D eigenvalue weighted by atomic mass is 15.1. The second kappa shape index (κ2) is 4.89. The Hall–Kier alpha value is -0.0800. The lowest BCUT2D eigenvalue weighted by atomic mass is 9.91. The fraction of sp³-hybridized carbons (Fsp3) is 1.00. The van der Waals surface area contributed by atoms with Gasteiger partial charge < -0.3 is 10.2 Å². The van der Waals surface area contributed by atoms with Gasteiger partial charge in [-0.3, -0.25) is 0 Å². The molecular weight excluding hydrogens is 208 g/mol. The van der Waals surface area contributed by atoms with Crippen LogP contribution in [0.15, 0.2) is 0 Å². The molecule has 0 amide bonds. The Morgan fingerprint density at radius 1 is 1.18 bits per heavy atom. The molecule has 0 aromatic rings. The van der Waals surface area contributed by atoms with Crippen LogP contribution in [0.2, 0.25) is 0 Å². The van der Waals surface area contributed by atoms with Crippen LogP contribution in [0.4, 0.5) is 0 Å². The molecule has 0 aromatic heterocycles. The predicted molar refractivity (Wildman–Crippen MR) is 72.1 cm³/mol. The minimum absolute atomic E-state index is 0.785. The number of piperidine rings is 2. The Kier molecular flexibility index (Phi) is 3.45. The van der Waals surface area contributed by atoms with Crippen LogP contribution in [0.3, 0.4) is 0 Å². The van der Waals surface area contributed by atoms with Gasteiger partial charge in [0.25, 0.3) is 0 Å². The number of likely N-dealkylation sites (tertiary alicyclic amines) is 1. The molecular formula is C15H28N2. The summed E-state index contributed by atoms with van der Waals surface area (Å²) >= 11 is 0. The molecule has 2 nitrogen and oxygen atoms in total. The van der Waals surface area contributed by atoms with E-state index in [4.69, 9.17) is 0 Å². The lowest BCUT2D eigenvalue weighted by molar-refractivity contribution is 0.163. The molecule has 3 aliphatic rings. The average molecular weight is 236 g/mol. The van der Waals surface area contributed by atoms with Crippen molar-refractivity contribution in [1.29, 1.82) is 0 Å². The van der Waals surface area contributed by atoms with E-state index in [0.29, 0.717) is 0 Å². The summed E-state index contributed by atoms with van der Waals surface area (Å²) in [6.45, 7) is 9.07. The lowest BCUT2D eigenvalue weighted by Crippen LogP contribution is -2.37. The van der Waals surface area contributed by atoms with Gasteiger partial charge in [-0.15, -0.1) is 0 Å². The van der Waals surface area contributed by atoms with E-state index in [1.807, 2.05) is 0 Å². The maximum atomic E-state index is 3.50. The molecule has 1 unspecified atom stereocenters. The van der Waals surface area contributed by atoms with Gasteiger partial charge in [0, 0.05) is 6.54 Å². The van der Waals surface area contributed by atoms with E-state index in [2.05, 4.69) is 17.1 Å². The standard InChI is InChI=1S/C15H28N2/c1-2-13-3-9-17(10-4-13)12-14-11-15(14)5-7-16-8-6-15/h13-14,16H,2-12H2,1H3. The average Bonchev–Trinajstić information content (AvgIpc) is 3.03. The van der Waals surface area contributed by atoms with Crippen molar-refractivity contribution < 1.29 is 0 Å². The maximum absolute atomic E-state index is 3.50. The molecule has 0 aromatic carbocycles. The zero-order valence-electron chi connectivity index (χ0n) is 11.4. The summed E-state index contributed by atoms with van der Waals surface area (Å²) in [6.07, 6.45) is 8.73. The molecule has 0 bridgehead atoms. The minimum atomic E-state index is 0.785. The molecule has 98 valence electrons. The summed E-state index contributed by atoms with van der Waals surface area (Å²) in [6, 6.07) is 0. The first-order valence-electron chi connectivity index (χ1n) is 7.75. The minimum Gasteiger partial charge on any atom is -0.317 e. The topological polar surface area (TPSA) is 15.3 Å². The van der Waals surface area contributed by atoms with Gasteiger partial charge in [0.2, 0.25) is 0 Å². The molecule has 1 N–H and O–H groups in total. The van der Waals surface area contributed by atoms with Crippen molar-refractivity contribution in [3.05, 3.63) is 0 Å². The van der Waals surface area contributed by atoms with Crippen molar-refractivity contribution in [2.24, 2.45) is 17.3 Å². The lowest BCUT2D eigenvalue weighted by Gasteiger charge is -2.32. The Bertz CT molecular complexity index is 250. The van der Waals surface area contributed by atoms with Gasteiger partial charge in [-0.1, -0.05) is 13.3 Å². The van der Waals surface area contributed by atoms with Crippen LogP contribution >= 0.6 is 0 Å². The molecule has 2 saturated heterocycles. The molecule has 2 heteroatoms. The zero-order chi connectivity index (χ0) is 11.7. The van der Waals surface area contributed by atoms with Gasteiger partial charge in [-0.05, 0) is 75.5 Å². The largest absolute Gasteiger partial charge is 0.317 e. The quantitative estimate of drug-likeness (QED) is 0.810. The normalized spacial score (nSPS) is 34.1. The fourth-order valence-electron chi connectivity index (χ4n) is 4.12. The maximum Gasteiger partial charge on any atom is 0.00152 e. The SMILES string of the molecule is CCC1CCN(CC2CC23CCNCC3)CC1. The monoisotopic (exact) mass is 236 g/mol. The molecule has 1 aliphatic carbocycles. The Balaban J connectivity index is 1.43. The van der Waals surface area contributed by atoms with E-state index in [0.717, 1.165) is 17.3 Å². The van der Waals surface area contributed by atoms with Crippen LogP contribution in [0.5, 0.6) is 0 Å². The van der Waals surface area contributed by atoms with Gasteiger partial charge in [-0.2, -0.15) is 0 Å². The summed E-state index contributed by atoms with van der Waals surface area (Å²) in [5, 5.41) is 3.50. The predicted octanol–water partition coefficient (Wildman–Crippen LogP) is 2.50. The summed E-state index contributed by atoms with van der Waals surface area (Å²) in [4.78, 5) is 2.76. The van der Waals surface area contributed by atoms with Crippen molar-refractivity contribution in [2.45, 2.75) is 45.4 Å². The van der Waals surface area contributed by atoms with Crippen LogP contribution in [0.25, 0.3) is 0 Å². The van der Waals surface area contributed by atoms with E-state index in [9.17, 15) is 0 Å². The zero-order valence-corrected chi connectivity index (χ0v) is 11.4. The molecule has 1 atom stereocenters. The molecule has 2 aliphatic heterocycles. The number of nitrogens with zero attached hydrogens (tertiary/aromatic N) is 1. The fourth-order valence-corrected chi connectivity index (χ4v) is 4.12. The Morgan fingerprint density at radius 2 is 1.88 bits per heavy atom. The number of rotatable bonds is 3. The first-order valence-corrected chi connectivity index (χ1v) is 7.75. The smallest absolute Gasteiger partial charge is 0.00152 e. The molecule has 1 saturated carbocycles. The second-order valence-electron chi connectivity index (χ2n) is 6.67. The van der Waals surface area contributed by atoms with Crippen LogP contribution in [0.1, 0.15) is 45.4 Å². The van der Waals surface area contributed by atoms with E-state index >= 15 is 0 Å². The molecule has 0 radical (unpaired) electrons. The van der Waals surface area contributed by atoms with Gasteiger partial charge in [0.1, 0.15) is 0 Å². The molecule has 1 spiro atoms. The van der Waals surface area contributed by atoms with Gasteiger partial charge in [0.15, 0.2) is 0 Å². The van der Waals surface area contributed by atoms with Gasteiger partial charge in [-0.25, -0.2) is 0 Å². The van der Waals surface area contributed by atoms with Crippen molar-refractivity contribution in [3.8, 4) is 0 Å². The first kappa shape index (κ1) is 12.0. The van der Waals surface area contributed by atoms with E-state index in [1.165, 1.54) is 71.2 Å². The highest BCUT2D eigenvalue weighted by molar-refractivity contribution is 5.05. The number of nitrogens with one attached hydrogen (secondary N) is 1. The van der Waals surface area contributed by atoms with E-state index in [-0.39, 0.29) is 0 Å². The third-order valence-electron chi connectivity index (χ3n) is 5.72. The van der Waals surface area contributed by atoms with Crippen molar-refractivity contribution in [2.75, 3.05) is 32.7 Å². The van der Waals surface area contributed by atoms with E-state index in [1.54, 1.807) is 0 Å². The van der Waals surface area contributed by atoms with Crippen LogP contribution in [-0.2, 0) is 0 Å². The molecule has 3 rings (SSSR count). The van der Waals surface area contributed by atoms with Crippen LogP contribution < -0.4 is 5.32 Å². The summed E-state index contributed by atoms with van der Waals surface area (Å²) in [5.74, 6) is 2.07. The third kappa shape index (κ3) is 2.53. The molecule has 3 fully saturated rings. The highest BCUT2D eigenvalue weighted by Crippen LogP contribution is 2.58. The van der Waals surface area contributed by atoms with Gasteiger partial charge >= 0.3 is 0 Å². The van der Waals surface area contributed by atoms with E-state index < -0.39 is 0 Å². The summed E-state index contributed by atoms with van der Waals surface area (Å²) in [5.41, 5.74) is 0.785. The number of hydrogen-bond donors (Lipinski definition) is 1. The van der Waals surface area contributed by atoms with Gasteiger partial charge in [0.05, 0.1) is 0 Å². The second-order valence-corrected chi connectivity index (χ2v) is 6.67. The summed E-state index contributed by atoms with van der Waals surface area (Å²) < 4.78 is 0. The van der Waals surface area contributed by atoms with Crippen molar-refractivity contribution in [1.82, 2.24) is 10.2 Å². The first-order chi connectivity index (χ1) is 8.32. The van der Waals surface area contributed by atoms with Crippen LogP contribution in [0, 0.1) is 17.3 Å². The Morgan fingerprint density at radius 3 is 2.53 bits per heavy atom. The molecule has 17 heavy (non-hydrogen) atoms. The highest BCUT2D eigenvalue weighted by Gasteiger charge is 2.53. The summed E-state index contributed by atoms with van der Waals surface area (Å²) in [7, 11) is 0. The van der Waals surface area contributed by atoms with Crippen molar-refractivity contribution >= 4 is 0 Å². The number of hydrogen-bond acceptors (Lipinski definition) is 2. The molecule has 2 heterocycles.